The Morgan fingerprint density at radius 3 is 2.38 bits per heavy atom. The van der Waals surface area contributed by atoms with Crippen molar-refractivity contribution in [1.82, 2.24) is 9.55 Å². The predicted octanol–water partition coefficient (Wildman–Crippen LogP) is 5.67. The van der Waals surface area contributed by atoms with Crippen LogP contribution in [0.5, 0.6) is 0 Å². The van der Waals surface area contributed by atoms with Crippen LogP contribution in [-0.2, 0) is 29.7 Å². The molecule has 2 N–H and O–H groups in total. The molecular formula is C26H21Cl2F2N2O4S-. The number of aromatic nitrogens is 2. The SMILES string of the molecule is CC(C)(O)c1cn(-c2ccc(-c3cc(F)c(CO)c(S(=O)[O-])c3)cc2Cl)c(Cc2ccc(F)cc2Cl)n1. The minimum absolute atomic E-state index is 0.208. The molecule has 1 aromatic heterocycles. The van der Waals surface area contributed by atoms with Crippen LogP contribution in [0.25, 0.3) is 16.8 Å². The van der Waals surface area contributed by atoms with Gasteiger partial charge in [-0.15, -0.1) is 0 Å². The number of rotatable bonds is 7. The zero-order valence-electron chi connectivity index (χ0n) is 19.6. The number of halogens is 4. The van der Waals surface area contributed by atoms with Gasteiger partial charge in [0.25, 0.3) is 0 Å². The zero-order valence-corrected chi connectivity index (χ0v) is 22.0. The van der Waals surface area contributed by atoms with Crippen molar-refractivity contribution in [1.29, 1.82) is 0 Å². The van der Waals surface area contributed by atoms with E-state index in [-0.39, 0.29) is 32.5 Å². The molecule has 0 bridgehead atoms. The average molecular weight is 566 g/mol. The second kappa shape index (κ2) is 10.6. The molecule has 0 saturated carbocycles. The number of benzene rings is 3. The lowest BCUT2D eigenvalue weighted by Gasteiger charge is -2.15. The van der Waals surface area contributed by atoms with E-state index in [4.69, 9.17) is 23.2 Å². The van der Waals surface area contributed by atoms with Gasteiger partial charge in [0, 0.05) is 28.1 Å². The molecule has 0 aliphatic rings. The topological polar surface area (TPSA) is 98.4 Å². The highest BCUT2D eigenvalue weighted by molar-refractivity contribution is 7.79. The molecule has 194 valence electrons. The molecule has 0 aliphatic carbocycles. The van der Waals surface area contributed by atoms with Gasteiger partial charge < -0.3 is 19.3 Å². The monoisotopic (exact) mass is 565 g/mol. The van der Waals surface area contributed by atoms with E-state index in [0.29, 0.717) is 28.3 Å². The molecule has 0 amide bonds. The quantitative estimate of drug-likeness (QED) is 0.281. The summed E-state index contributed by atoms with van der Waals surface area (Å²) in [5, 5.41) is 20.4. The smallest absolute Gasteiger partial charge is 0.130 e. The third kappa shape index (κ3) is 5.77. The molecule has 0 saturated heterocycles. The Bertz CT molecular complexity index is 1520. The van der Waals surface area contributed by atoms with Crippen LogP contribution in [0.4, 0.5) is 8.78 Å². The lowest BCUT2D eigenvalue weighted by molar-refractivity contribution is 0.0741. The summed E-state index contributed by atoms with van der Waals surface area (Å²) < 4.78 is 52.8. The standard InChI is InChI=1S/C26H22Cl2F2N2O4S/c1-26(2,34)24-12-32(25(31-24)10-15-3-5-17(29)11-19(15)27)22-6-4-14(7-20(22)28)16-8-21(30)18(13-33)23(9-16)37(35)36/h3-9,11-12,33-34H,10,13H2,1-2H3,(H,35,36)/p-1. The minimum atomic E-state index is -2.76. The molecule has 1 unspecified atom stereocenters. The molecule has 37 heavy (non-hydrogen) atoms. The van der Waals surface area contributed by atoms with Gasteiger partial charge in [-0.25, -0.2) is 13.8 Å². The van der Waals surface area contributed by atoms with Crippen LogP contribution >= 0.6 is 23.2 Å². The molecule has 0 radical (unpaired) electrons. The second-order valence-corrected chi connectivity index (χ2v) is 10.6. The van der Waals surface area contributed by atoms with Crippen molar-refractivity contribution in [3.05, 3.63) is 99.1 Å². The Labute approximate surface area is 224 Å². The number of hydrogen-bond acceptors (Lipinski definition) is 5. The number of aliphatic hydroxyl groups is 2. The molecule has 0 aliphatic heterocycles. The van der Waals surface area contributed by atoms with Crippen LogP contribution in [0.3, 0.4) is 0 Å². The number of imidazole rings is 1. The minimum Gasteiger partial charge on any atom is -0.768 e. The molecule has 0 spiro atoms. The first-order chi connectivity index (χ1) is 17.4. The second-order valence-electron chi connectivity index (χ2n) is 8.88. The van der Waals surface area contributed by atoms with Gasteiger partial charge in [-0.1, -0.05) is 35.3 Å². The first-order valence-corrected chi connectivity index (χ1v) is 12.8. The maximum absolute atomic E-state index is 14.5. The summed E-state index contributed by atoms with van der Waals surface area (Å²) in [5.74, 6) is -0.856. The van der Waals surface area contributed by atoms with Gasteiger partial charge in [0.05, 0.1) is 23.0 Å². The summed E-state index contributed by atoms with van der Waals surface area (Å²) in [6, 6.07) is 11.2. The van der Waals surface area contributed by atoms with Crippen LogP contribution in [0.2, 0.25) is 10.0 Å². The van der Waals surface area contributed by atoms with E-state index in [1.807, 2.05) is 0 Å². The normalized spacial score (nSPS) is 12.7. The number of nitrogens with zero attached hydrogens (tertiary/aromatic N) is 2. The maximum atomic E-state index is 14.5. The van der Waals surface area contributed by atoms with Crippen molar-refractivity contribution in [2.75, 3.05) is 0 Å². The first-order valence-electron chi connectivity index (χ1n) is 11.0. The average Bonchev–Trinajstić information content (AvgIpc) is 3.24. The molecule has 4 aromatic rings. The fourth-order valence-corrected chi connectivity index (χ4v) is 4.94. The number of hydrogen-bond donors (Lipinski definition) is 2. The van der Waals surface area contributed by atoms with Gasteiger partial charge in [0.1, 0.15) is 23.1 Å². The van der Waals surface area contributed by atoms with E-state index in [1.54, 1.807) is 48.9 Å². The Morgan fingerprint density at radius 1 is 1.05 bits per heavy atom. The van der Waals surface area contributed by atoms with Crippen molar-refractivity contribution in [3.8, 4) is 16.8 Å². The zero-order chi connectivity index (χ0) is 27.1. The Kier molecular flexibility index (Phi) is 7.85. The van der Waals surface area contributed by atoms with E-state index in [9.17, 15) is 27.8 Å². The lowest BCUT2D eigenvalue weighted by atomic mass is 10.0. The molecule has 0 fully saturated rings. The van der Waals surface area contributed by atoms with Gasteiger partial charge in [0.15, 0.2) is 0 Å². The summed E-state index contributed by atoms with van der Waals surface area (Å²) in [6.07, 6.45) is 1.84. The van der Waals surface area contributed by atoms with Crippen molar-refractivity contribution in [2.45, 2.75) is 37.4 Å². The molecule has 11 heteroatoms. The van der Waals surface area contributed by atoms with Crippen LogP contribution in [0.15, 0.2) is 59.6 Å². The molecule has 4 rings (SSSR count). The molecule has 1 heterocycles. The highest BCUT2D eigenvalue weighted by Gasteiger charge is 2.24. The Hall–Kier alpha value is -2.66. The third-order valence-corrected chi connectivity index (χ3v) is 7.18. The summed E-state index contributed by atoms with van der Waals surface area (Å²) in [5.41, 5.74) is 0.573. The maximum Gasteiger partial charge on any atom is 0.130 e. The first kappa shape index (κ1) is 27.4. The van der Waals surface area contributed by atoms with Gasteiger partial charge in [-0.3, -0.25) is 4.21 Å². The summed E-state index contributed by atoms with van der Waals surface area (Å²) in [7, 11) is 0. The van der Waals surface area contributed by atoms with Crippen LogP contribution in [-0.4, -0.2) is 28.5 Å². The van der Waals surface area contributed by atoms with Crippen LogP contribution in [0, 0.1) is 11.6 Å². The van der Waals surface area contributed by atoms with Crippen molar-refractivity contribution < 1.29 is 27.8 Å². The van der Waals surface area contributed by atoms with Crippen molar-refractivity contribution in [3.63, 3.8) is 0 Å². The number of aliphatic hydroxyl groups excluding tert-OH is 1. The molecule has 6 nitrogen and oxygen atoms in total. The van der Waals surface area contributed by atoms with Crippen molar-refractivity contribution in [2.24, 2.45) is 0 Å². The summed E-state index contributed by atoms with van der Waals surface area (Å²) in [4.78, 5) is 4.21. The molecular weight excluding hydrogens is 545 g/mol. The van der Waals surface area contributed by atoms with E-state index in [1.165, 1.54) is 18.2 Å². The van der Waals surface area contributed by atoms with E-state index >= 15 is 0 Å². The molecule has 1 atom stereocenters. The highest BCUT2D eigenvalue weighted by Crippen LogP contribution is 2.33. The van der Waals surface area contributed by atoms with Crippen molar-refractivity contribution >= 4 is 34.3 Å². The van der Waals surface area contributed by atoms with E-state index in [0.717, 1.165) is 6.07 Å². The van der Waals surface area contributed by atoms with E-state index in [2.05, 4.69) is 4.98 Å². The van der Waals surface area contributed by atoms with E-state index < -0.39 is 34.9 Å². The van der Waals surface area contributed by atoms with Gasteiger partial charge in [-0.05, 0) is 78.0 Å². The van der Waals surface area contributed by atoms with Gasteiger partial charge >= 0.3 is 0 Å². The van der Waals surface area contributed by atoms with Gasteiger partial charge in [-0.2, -0.15) is 0 Å². The summed E-state index contributed by atoms with van der Waals surface area (Å²) in [6.45, 7) is 2.41. The third-order valence-electron chi connectivity index (χ3n) is 5.80. The Morgan fingerprint density at radius 2 is 1.78 bits per heavy atom. The Balaban J connectivity index is 1.80. The lowest BCUT2D eigenvalue weighted by Crippen LogP contribution is -2.15. The fraction of sp³-hybridized carbons (Fsp3) is 0.192. The highest BCUT2D eigenvalue weighted by atomic mass is 35.5. The molecule has 3 aromatic carbocycles. The summed E-state index contributed by atoms with van der Waals surface area (Å²) >= 11 is 10.1. The van der Waals surface area contributed by atoms with Crippen LogP contribution in [0.1, 0.15) is 36.5 Å². The largest absolute Gasteiger partial charge is 0.768 e. The van der Waals surface area contributed by atoms with Gasteiger partial charge in [0.2, 0.25) is 0 Å². The van der Waals surface area contributed by atoms with Crippen LogP contribution < -0.4 is 0 Å². The fourth-order valence-electron chi connectivity index (χ4n) is 3.84. The predicted molar refractivity (Wildman–Crippen MR) is 137 cm³/mol.